The molecule has 0 fully saturated rings. The van der Waals surface area contributed by atoms with Crippen molar-refractivity contribution in [3.05, 3.63) is 35.4 Å². The molecule has 0 aliphatic rings. The highest BCUT2D eigenvalue weighted by Crippen LogP contribution is 2.19. The minimum Gasteiger partial charge on any atom is -0.508 e. The van der Waals surface area contributed by atoms with Gasteiger partial charge in [0.05, 0.1) is 6.61 Å². The summed E-state index contributed by atoms with van der Waals surface area (Å²) in [4.78, 5) is 11.5. The van der Waals surface area contributed by atoms with E-state index in [2.05, 4.69) is 0 Å². The van der Waals surface area contributed by atoms with Crippen LogP contribution < -0.4 is 5.55 Å². The topological polar surface area (TPSA) is 83.5 Å². The maximum atomic E-state index is 11.5. The molecule has 88 valence electrons. The van der Waals surface area contributed by atoms with Gasteiger partial charge in [-0.05, 0) is 31.2 Å². The number of hydrogen-bond donors (Lipinski definition) is 2. The largest absolute Gasteiger partial charge is 0.508 e. The SMILES string of the molecule is CCOC(=O)c1cc2cc(O)ccc2oc1=N. The number of phenolic OH excluding ortho intramolecular Hbond substituents is 1. The molecule has 0 saturated carbocycles. The van der Waals surface area contributed by atoms with E-state index in [4.69, 9.17) is 14.6 Å². The Hall–Kier alpha value is -2.30. The smallest absolute Gasteiger partial charge is 0.343 e. The minimum atomic E-state index is -0.605. The lowest BCUT2D eigenvalue weighted by atomic mass is 10.2. The number of carbonyl (C=O) groups is 1. The van der Waals surface area contributed by atoms with Gasteiger partial charge in [-0.1, -0.05) is 0 Å². The van der Waals surface area contributed by atoms with Crippen LogP contribution in [0.3, 0.4) is 0 Å². The molecule has 0 aliphatic heterocycles. The first-order valence-electron chi connectivity index (χ1n) is 5.10. The zero-order chi connectivity index (χ0) is 12.4. The van der Waals surface area contributed by atoms with Crippen molar-refractivity contribution in [2.75, 3.05) is 6.61 Å². The number of rotatable bonds is 2. The molecule has 0 atom stereocenters. The molecule has 1 heterocycles. The molecule has 0 aliphatic carbocycles. The highest BCUT2D eigenvalue weighted by Gasteiger charge is 2.12. The third-order valence-corrected chi connectivity index (χ3v) is 2.25. The van der Waals surface area contributed by atoms with Gasteiger partial charge in [0.1, 0.15) is 16.9 Å². The van der Waals surface area contributed by atoms with Crippen LogP contribution in [0.5, 0.6) is 5.75 Å². The second kappa shape index (κ2) is 4.29. The standard InChI is InChI=1S/C12H11NO4/c1-2-16-12(15)9-6-7-5-8(14)3-4-10(7)17-11(9)13/h3-6,13-14H,2H2,1H3. The Labute approximate surface area is 96.8 Å². The van der Waals surface area contributed by atoms with Crippen LogP contribution >= 0.6 is 0 Å². The minimum absolute atomic E-state index is 0.0462. The molecule has 2 aromatic rings. The molecule has 0 bridgehead atoms. The fourth-order valence-electron chi connectivity index (χ4n) is 1.49. The molecule has 1 aromatic carbocycles. The van der Waals surface area contributed by atoms with E-state index in [0.29, 0.717) is 11.0 Å². The first-order valence-corrected chi connectivity index (χ1v) is 5.10. The van der Waals surface area contributed by atoms with Crippen molar-refractivity contribution in [1.82, 2.24) is 0 Å². The highest BCUT2D eigenvalue weighted by atomic mass is 16.5. The van der Waals surface area contributed by atoms with Crippen LogP contribution in [0.1, 0.15) is 17.3 Å². The van der Waals surface area contributed by atoms with Crippen molar-refractivity contribution in [2.24, 2.45) is 0 Å². The van der Waals surface area contributed by atoms with Crippen LogP contribution in [0.15, 0.2) is 28.7 Å². The van der Waals surface area contributed by atoms with E-state index in [0.717, 1.165) is 0 Å². The molecule has 5 heteroatoms. The lowest BCUT2D eigenvalue weighted by Gasteiger charge is -2.03. The molecule has 17 heavy (non-hydrogen) atoms. The summed E-state index contributed by atoms with van der Waals surface area (Å²) < 4.78 is 9.98. The predicted molar refractivity (Wildman–Crippen MR) is 59.7 cm³/mol. The van der Waals surface area contributed by atoms with Crippen LogP contribution in [0.2, 0.25) is 0 Å². The summed E-state index contributed by atoms with van der Waals surface area (Å²) in [6, 6.07) is 5.92. The van der Waals surface area contributed by atoms with Crippen LogP contribution in [-0.4, -0.2) is 17.7 Å². The fraction of sp³-hybridized carbons (Fsp3) is 0.167. The van der Waals surface area contributed by atoms with E-state index in [1.54, 1.807) is 6.92 Å². The molecule has 2 N–H and O–H groups in total. The summed E-state index contributed by atoms with van der Waals surface area (Å²) in [6.45, 7) is 1.92. The third-order valence-electron chi connectivity index (χ3n) is 2.25. The predicted octanol–water partition coefficient (Wildman–Crippen LogP) is 1.79. The van der Waals surface area contributed by atoms with Crippen molar-refractivity contribution in [3.8, 4) is 5.75 Å². The molecule has 0 radical (unpaired) electrons. The first kappa shape index (κ1) is 11.2. The van der Waals surface area contributed by atoms with Gasteiger partial charge in [-0.2, -0.15) is 0 Å². The Bertz CT molecular complexity index is 630. The van der Waals surface area contributed by atoms with Crippen LogP contribution in [0.25, 0.3) is 11.0 Å². The number of aromatic hydroxyl groups is 1. The number of phenols is 1. The Morgan fingerprint density at radius 1 is 1.47 bits per heavy atom. The molecule has 1 aromatic heterocycles. The zero-order valence-electron chi connectivity index (χ0n) is 9.19. The Morgan fingerprint density at radius 3 is 2.94 bits per heavy atom. The number of hydrogen-bond acceptors (Lipinski definition) is 5. The van der Waals surface area contributed by atoms with Gasteiger partial charge in [-0.25, -0.2) is 4.79 Å². The maximum Gasteiger partial charge on any atom is 0.343 e. The van der Waals surface area contributed by atoms with Crippen LogP contribution in [0.4, 0.5) is 0 Å². The van der Waals surface area contributed by atoms with Crippen LogP contribution in [-0.2, 0) is 4.74 Å². The van der Waals surface area contributed by atoms with E-state index in [-0.39, 0.29) is 23.5 Å². The Morgan fingerprint density at radius 2 is 2.24 bits per heavy atom. The summed E-state index contributed by atoms with van der Waals surface area (Å²) in [6.07, 6.45) is 0. The number of carbonyl (C=O) groups excluding carboxylic acids is 1. The fourth-order valence-corrected chi connectivity index (χ4v) is 1.49. The van der Waals surface area contributed by atoms with E-state index in [9.17, 15) is 9.90 Å². The number of benzene rings is 1. The molecule has 2 rings (SSSR count). The quantitative estimate of drug-likeness (QED) is 0.774. The van der Waals surface area contributed by atoms with Crippen molar-refractivity contribution in [1.29, 1.82) is 5.41 Å². The van der Waals surface area contributed by atoms with Gasteiger partial charge >= 0.3 is 5.97 Å². The normalized spacial score (nSPS) is 10.4. The zero-order valence-corrected chi connectivity index (χ0v) is 9.19. The van der Waals surface area contributed by atoms with Gasteiger partial charge < -0.3 is 14.3 Å². The maximum absolute atomic E-state index is 11.5. The van der Waals surface area contributed by atoms with Crippen molar-refractivity contribution in [3.63, 3.8) is 0 Å². The summed E-state index contributed by atoms with van der Waals surface area (Å²) >= 11 is 0. The molecular formula is C12H11NO4. The monoisotopic (exact) mass is 233 g/mol. The summed E-state index contributed by atoms with van der Waals surface area (Å²) in [5, 5.41) is 17.5. The van der Waals surface area contributed by atoms with Gasteiger partial charge in [0.2, 0.25) is 5.55 Å². The van der Waals surface area contributed by atoms with Crippen molar-refractivity contribution in [2.45, 2.75) is 6.92 Å². The second-order valence-electron chi connectivity index (χ2n) is 3.43. The molecule has 0 unspecified atom stereocenters. The summed E-state index contributed by atoms with van der Waals surface area (Å²) in [5.74, 6) is -0.535. The van der Waals surface area contributed by atoms with E-state index in [1.165, 1.54) is 24.3 Å². The molecule has 0 amide bonds. The highest BCUT2D eigenvalue weighted by molar-refractivity contribution is 5.92. The molecule has 5 nitrogen and oxygen atoms in total. The number of ether oxygens (including phenoxy) is 1. The molecule has 0 spiro atoms. The van der Waals surface area contributed by atoms with E-state index >= 15 is 0 Å². The van der Waals surface area contributed by atoms with Gasteiger partial charge in [-0.3, -0.25) is 5.41 Å². The Balaban J connectivity index is 2.61. The van der Waals surface area contributed by atoms with Gasteiger partial charge in [0.15, 0.2) is 0 Å². The lowest BCUT2D eigenvalue weighted by molar-refractivity contribution is 0.0521. The van der Waals surface area contributed by atoms with Crippen LogP contribution in [0, 0.1) is 5.41 Å². The van der Waals surface area contributed by atoms with Crippen molar-refractivity contribution >= 4 is 16.9 Å². The van der Waals surface area contributed by atoms with Gasteiger partial charge in [-0.15, -0.1) is 0 Å². The van der Waals surface area contributed by atoms with Gasteiger partial charge in [0.25, 0.3) is 0 Å². The summed E-state index contributed by atoms with van der Waals surface area (Å²) in [5.41, 5.74) is 0.229. The Kier molecular flexibility index (Phi) is 2.82. The number of fused-ring (bicyclic) bond motifs is 1. The van der Waals surface area contributed by atoms with E-state index < -0.39 is 5.97 Å². The molecule has 0 saturated heterocycles. The van der Waals surface area contributed by atoms with Crippen molar-refractivity contribution < 1.29 is 19.1 Å². The number of nitrogens with one attached hydrogen (secondary N) is 1. The first-order chi connectivity index (χ1) is 8.11. The second-order valence-corrected chi connectivity index (χ2v) is 3.43. The third kappa shape index (κ3) is 2.13. The summed E-state index contributed by atoms with van der Waals surface area (Å²) in [7, 11) is 0. The van der Waals surface area contributed by atoms with E-state index in [1.807, 2.05) is 0 Å². The molecular weight excluding hydrogens is 222 g/mol. The average Bonchev–Trinajstić information content (AvgIpc) is 2.29. The lowest BCUT2D eigenvalue weighted by Crippen LogP contribution is -2.16. The average molecular weight is 233 g/mol. The van der Waals surface area contributed by atoms with Gasteiger partial charge in [0, 0.05) is 5.39 Å². The number of esters is 1.